The fraction of sp³-hybridized carbons (Fsp3) is 0. The largest absolute Gasteiger partial charge is 1.00 e. The summed E-state index contributed by atoms with van der Waals surface area (Å²) in [5, 5.41) is 0. The zero-order chi connectivity index (χ0) is 5.21. The third kappa shape index (κ3) is 11.0. The van der Waals surface area contributed by atoms with E-state index in [1.165, 1.54) is 0 Å². The van der Waals surface area contributed by atoms with E-state index in [-0.39, 0.29) is 31.0 Å². The van der Waals surface area contributed by atoms with Crippen LogP contribution in [0.4, 0.5) is 3.89 Å². The Morgan fingerprint density at radius 2 is 1.86 bits per heavy atom. The molecule has 0 aliphatic rings. The van der Waals surface area contributed by atoms with Crippen LogP contribution in [0.25, 0.3) is 0 Å². The predicted octanol–water partition coefficient (Wildman–Crippen LogP) is -2.51. The first-order valence-electron chi connectivity index (χ1n) is 0.809. The van der Waals surface area contributed by atoms with E-state index in [1.54, 1.807) is 0 Å². The van der Waals surface area contributed by atoms with Crippen LogP contribution in [0.3, 0.4) is 0 Å². The van der Waals surface area contributed by atoms with Gasteiger partial charge in [-0.1, -0.05) is 3.89 Å². The van der Waals surface area contributed by atoms with Crippen molar-refractivity contribution in [3.63, 3.8) is 0 Å². The Hall–Kier alpha value is 1.13. The summed E-state index contributed by atoms with van der Waals surface area (Å²) in [5.74, 6) is 0. The molecule has 3 nitrogen and oxygen atoms in total. The topological polar surface area (TPSA) is 43.4 Å². The summed E-state index contributed by atoms with van der Waals surface area (Å²) in [6, 6.07) is 0. The monoisotopic (exact) mass is 158 g/mol. The van der Waals surface area contributed by atoms with Crippen molar-refractivity contribution in [2.24, 2.45) is 0 Å². The van der Waals surface area contributed by atoms with Crippen LogP contribution < -0.4 is 29.6 Å². The number of halogens is 2. The maximum absolute atomic E-state index is 10.7. The summed E-state index contributed by atoms with van der Waals surface area (Å²) in [6.45, 7) is 0. The van der Waals surface area contributed by atoms with Gasteiger partial charge in [0.2, 0.25) is 0 Å². The summed E-state index contributed by atoms with van der Waals surface area (Å²) >= 11 is 4.01. The summed E-state index contributed by atoms with van der Waals surface area (Å²) < 4.78 is 31.4. The van der Waals surface area contributed by atoms with Gasteiger partial charge in [0.15, 0.2) is 0 Å². The maximum Gasteiger partial charge on any atom is 1.00 e. The van der Waals surface area contributed by atoms with Crippen LogP contribution in [-0.2, 0) is 14.2 Å². The summed E-state index contributed by atoms with van der Waals surface area (Å²) in [5.41, 5.74) is 0. The molecule has 0 amide bonds. The maximum atomic E-state index is 10.7. The molecular formula is HClFNaO3S. The van der Waals surface area contributed by atoms with Crippen molar-refractivity contribution < 1.29 is 47.0 Å². The molecule has 0 saturated heterocycles. The summed E-state index contributed by atoms with van der Waals surface area (Å²) in [7, 11) is -4.90. The molecule has 0 radical (unpaired) electrons. The van der Waals surface area contributed by atoms with Crippen molar-refractivity contribution in [1.82, 2.24) is 0 Å². The molecule has 0 saturated carbocycles. The van der Waals surface area contributed by atoms with Gasteiger partial charge in [-0.15, -0.1) is 3.74 Å². The van der Waals surface area contributed by atoms with Crippen molar-refractivity contribution in [1.29, 1.82) is 0 Å². The normalized spacial score (nSPS) is 10.0. The van der Waals surface area contributed by atoms with Gasteiger partial charge < -0.3 is 1.43 Å². The molecule has 0 aromatic carbocycles. The Bertz CT molecular complexity index is 121. The molecule has 0 aliphatic heterocycles. The molecule has 0 fully saturated rings. The molecular weight excluding hydrogens is 158 g/mol. The fourth-order valence-corrected chi connectivity index (χ4v) is 0. The van der Waals surface area contributed by atoms with Gasteiger partial charge in [-0.05, 0) is 0 Å². The van der Waals surface area contributed by atoms with Crippen LogP contribution >= 0.6 is 11.9 Å². The van der Waals surface area contributed by atoms with E-state index in [0.29, 0.717) is 0 Å². The number of rotatable bonds is 1. The van der Waals surface area contributed by atoms with E-state index in [0.717, 1.165) is 0 Å². The van der Waals surface area contributed by atoms with Crippen LogP contribution in [0.1, 0.15) is 1.43 Å². The molecule has 0 unspecified atom stereocenters. The fourth-order valence-electron chi connectivity index (χ4n) is 0. The molecule has 7 heteroatoms. The molecule has 0 bridgehead atoms. The third-order valence-electron chi connectivity index (χ3n) is 0.0752. The standard InChI is InChI=1S/ClFO3S.Na.H/c1-5-6(2,3)4;;/q;+1;-1. The van der Waals surface area contributed by atoms with Gasteiger partial charge in [0, 0.05) is 0 Å². The molecule has 7 heavy (non-hydrogen) atoms. The van der Waals surface area contributed by atoms with E-state index in [9.17, 15) is 3.89 Å². The first kappa shape index (κ1) is 11.0. The third-order valence-corrected chi connectivity index (χ3v) is 0.677. The quantitative estimate of drug-likeness (QED) is 0.313. The number of hydrogen-bond donors (Lipinski definition) is 0. The minimum Gasteiger partial charge on any atom is -1.00 e. The van der Waals surface area contributed by atoms with Crippen molar-refractivity contribution in [2.75, 3.05) is 0 Å². The minimum absolute atomic E-state index is 0. The SMILES string of the molecule is O=S(=O)(F)OCl.[H-].[Na+]. The Morgan fingerprint density at radius 1 is 1.71 bits per heavy atom. The second-order valence-electron chi connectivity index (χ2n) is 0.456. The second kappa shape index (κ2) is 4.05. The first-order chi connectivity index (χ1) is 2.56. The molecule has 0 aromatic rings. The van der Waals surface area contributed by atoms with Crippen LogP contribution in [0.5, 0.6) is 0 Å². The smallest absolute Gasteiger partial charge is 1.00 e. The van der Waals surface area contributed by atoms with E-state index in [2.05, 4.69) is 15.6 Å². The molecule has 0 atom stereocenters. The van der Waals surface area contributed by atoms with Crippen molar-refractivity contribution >= 4 is 22.4 Å². The van der Waals surface area contributed by atoms with Gasteiger partial charge >= 0.3 is 40.1 Å². The van der Waals surface area contributed by atoms with E-state index >= 15 is 0 Å². The van der Waals surface area contributed by atoms with Crippen LogP contribution in [-0.4, -0.2) is 8.42 Å². The van der Waals surface area contributed by atoms with Gasteiger partial charge in [0.25, 0.3) is 0 Å². The average Bonchev–Trinajstić information content (AvgIpc) is 1.35. The van der Waals surface area contributed by atoms with Gasteiger partial charge in [0.1, 0.15) is 0 Å². The Labute approximate surface area is 69.2 Å². The molecule has 0 aliphatic carbocycles. The average molecular weight is 159 g/mol. The molecule has 0 heterocycles. The van der Waals surface area contributed by atoms with Crippen molar-refractivity contribution in [2.45, 2.75) is 0 Å². The summed E-state index contributed by atoms with van der Waals surface area (Å²) in [4.78, 5) is 0. The van der Waals surface area contributed by atoms with Gasteiger partial charge in [-0.2, -0.15) is 8.42 Å². The van der Waals surface area contributed by atoms with Gasteiger partial charge in [0.05, 0.1) is 11.9 Å². The van der Waals surface area contributed by atoms with Gasteiger partial charge in [-0.25, -0.2) is 0 Å². The number of hydrogen-bond acceptors (Lipinski definition) is 3. The van der Waals surface area contributed by atoms with Crippen LogP contribution in [0, 0.1) is 0 Å². The summed E-state index contributed by atoms with van der Waals surface area (Å²) in [6.07, 6.45) is 0. The van der Waals surface area contributed by atoms with E-state index < -0.39 is 10.5 Å². The zero-order valence-corrected chi connectivity index (χ0v) is 6.96. The Morgan fingerprint density at radius 3 is 1.86 bits per heavy atom. The molecule has 0 N–H and O–H groups in total. The first-order valence-corrected chi connectivity index (χ1v) is 2.43. The molecule has 40 valence electrons. The second-order valence-corrected chi connectivity index (χ2v) is 1.75. The predicted molar refractivity (Wildman–Crippen MR) is 18.1 cm³/mol. The zero-order valence-electron chi connectivity index (χ0n) is 4.39. The molecule has 0 aromatic heterocycles. The van der Waals surface area contributed by atoms with Gasteiger partial charge in [-0.3, -0.25) is 0 Å². The van der Waals surface area contributed by atoms with E-state index in [4.69, 9.17) is 8.42 Å². The van der Waals surface area contributed by atoms with E-state index in [1.807, 2.05) is 0 Å². The Balaban J connectivity index is -0.000000125. The van der Waals surface area contributed by atoms with Crippen LogP contribution in [0.15, 0.2) is 0 Å². The Kier molecular flexibility index (Phi) is 6.37. The van der Waals surface area contributed by atoms with Crippen LogP contribution in [0.2, 0.25) is 0 Å². The minimum atomic E-state index is -4.90. The van der Waals surface area contributed by atoms with Crippen molar-refractivity contribution in [3.05, 3.63) is 0 Å². The molecule has 0 spiro atoms. The van der Waals surface area contributed by atoms with Crippen molar-refractivity contribution in [3.8, 4) is 0 Å². The molecule has 0 rings (SSSR count).